The minimum absolute atomic E-state index is 0.0911. The van der Waals surface area contributed by atoms with Gasteiger partial charge in [0.15, 0.2) is 0 Å². The summed E-state index contributed by atoms with van der Waals surface area (Å²) in [4.78, 5) is 12.7. The van der Waals surface area contributed by atoms with Crippen molar-refractivity contribution in [2.45, 2.75) is 6.42 Å². The van der Waals surface area contributed by atoms with Crippen LogP contribution in [0.15, 0.2) is 5.11 Å². The van der Waals surface area contributed by atoms with Crippen LogP contribution in [0.4, 0.5) is 0 Å². The average molecular weight is 141 g/mol. The average Bonchev–Trinajstić information content (AvgIpc) is 2.62. The van der Waals surface area contributed by atoms with Crippen LogP contribution in [-0.4, -0.2) is 17.6 Å². The second kappa shape index (κ2) is 2.58. The molecule has 1 rings (SSSR count). The van der Waals surface area contributed by atoms with Crippen LogP contribution in [0.5, 0.6) is 0 Å². The molecule has 54 valence electrons. The Kier molecular flexibility index (Phi) is 1.78. The zero-order chi connectivity index (χ0) is 7.56. The van der Waals surface area contributed by atoms with Crippen molar-refractivity contribution in [1.29, 1.82) is 0 Å². The summed E-state index contributed by atoms with van der Waals surface area (Å²) in [6.45, 7) is 0.327. The molecule has 0 bridgehead atoms. The number of nitrogens with zero attached hydrogens (tertiary/aromatic N) is 3. The fraction of sp³-hybridized carbons (Fsp3) is 0.800. The fourth-order valence-corrected chi connectivity index (χ4v) is 0.893. The Bertz CT molecular complexity index is 197. The van der Waals surface area contributed by atoms with Gasteiger partial charge < -0.3 is 5.11 Å². The Morgan fingerprint density at radius 1 is 1.90 bits per heavy atom. The zero-order valence-electron chi connectivity index (χ0n) is 5.27. The molecule has 10 heavy (non-hydrogen) atoms. The molecule has 0 aliphatic heterocycles. The molecule has 0 amide bonds. The van der Waals surface area contributed by atoms with Gasteiger partial charge in [0, 0.05) is 11.5 Å². The van der Waals surface area contributed by atoms with E-state index in [0.29, 0.717) is 13.0 Å². The lowest BCUT2D eigenvalue weighted by molar-refractivity contribution is -0.138. The third-order valence-electron chi connectivity index (χ3n) is 1.62. The highest BCUT2D eigenvalue weighted by atomic mass is 16.4. The highest BCUT2D eigenvalue weighted by Gasteiger charge is 2.42. The van der Waals surface area contributed by atoms with Crippen LogP contribution in [0.2, 0.25) is 0 Å². The Labute approximate surface area is 57.3 Å². The van der Waals surface area contributed by atoms with Crippen LogP contribution in [0, 0.1) is 11.8 Å². The first-order valence-electron chi connectivity index (χ1n) is 2.99. The molecule has 1 N–H and O–H groups in total. The molecule has 5 nitrogen and oxygen atoms in total. The number of carboxylic acid groups (broad SMARTS) is 1. The fourth-order valence-electron chi connectivity index (χ4n) is 0.893. The van der Waals surface area contributed by atoms with Crippen molar-refractivity contribution in [1.82, 2.24) is 0 Å². The van der Waals surface area contributed by atoms with E-state index in [1.54, 1.807) is 0 Å². The second-order valence-corrected chi connectivity index (χ2v) is 2.35. The first-order valence-corrected chi connectivity index (χ1v) is 2.99. The van der Waals surface area contributed by atoms with E-state index in [1.807, 2.05) is 0 Å². The van der Waals surface area contributed by atoms with E-state index in [9.17, 15) is 4.79 Å². The van der Waals surface area contributed by atoms with Gasteiger partial charge in [-0.1, -0.05) is 5.11 Å². The van der Waals surface area contributed by atoms with Crippen molar-refractivity contribution in [3.05, 3.63) is 10.4 Å². The Morgan fingerprint density at radius 2 is 2.60 bits per heavy atom. The minimum Gasteiger partial charge on any atom is -0.481 e. The van der Waals surface area contributed by atoms with Crippen LogP contribution in [-0.2, 0) is 4.79 Å². The summed E-state index contributed by atoms with van der Waals surface area (Å²) in [5, 5.41) is 11.7. The molecule has 1 aliphatic carbocycles. The summed E-state index contributed by atoms with van der Waals surface area (Å²) in [7, 11) is 0. The van der Waals surface area contributed by atoms with Crippen molar-refractivity contribution in [3.8, 4) is 0 Å². The van der Waals surface area contributed by atoms with Gasteiger partial charge in [0.05, 0.1) is 5.92 Å². The van der Waals surface area contributed by atoms with Gasteiger partial charge in [-0.2, -0.15) is 0 Å². The van der Waals surface area contributed by atoms with Crippen molar-refractivity contribution in [2.75, 3.05) is 6.54 Å². The van der Waals surface area contributed by atoms with Gasteiger partial charge in [0.1, 0.15) is 0 Å². The van der Waals surface area contributed by atoms with Crippen molar-refractivity contribution >= 4 is 5.97 Å². The van der Waals surface area contributed by atoms with Gasteiger partial charge in [-0.05, 0) is 17.9 Å². The quantitative estimate of drug-likeness (QED) is 0.361. The summed E-state index contributed by atoms with van der Waals surface area (Å²) in [6.07, 6.45) is 0.661. The number of azide groups is 1. The van der Waals surface area contributed by atoms with Crippen LogP contribution in [0.1, 0.15) is 6.42 Å². The number of rotatable bonds is 3. The van der Waals surface area contributed by atoms with Gasteiger partial charge in [0.2, 0.25) is 0 Å². The summed E-state index contributed by atoms with van der Waals surface area (Å²) in [5.74, 6) is -0.947. The molecule has 0 unspecified atom stereocenters. The number of hydrogen-bond acceptors (Lipinski definition) is 2. The molecule has 0 aromatic heterocycles. The number of carbonyl (C=O) groups is 1. The van der Waals surface area contributed by atoms with Crippen LogP contribution >= 0.6 is 0 Å². The second-order valence-electron chi connectivity index (χ2n) is 2.35. The summed E-state index contributed by atoms with van der Waals surface area (Å²) in [6, 6.07) is 0. The van der Waals surface area contributed by atoms with Crippen molar-refractivity contribution < 1.29 is 9.90 Å². The molecule has 0 radical (unpaired) electrons. The van der Waals surface area contributed by atoms with E-state index in [2.05, 4.69) is 10.0 Å². The van der Waals surface area contributed by atoms with Crippen molar-refractivity contribution in [3.63, 3.8) is 0 Å². The third-order valence-corrected chi connectivity index (χ3v) is 1.62. The minimum atomic E-state index is -0.780. The van der Waals surface area contributed by atoms with E-state index < -0.39 is 5.97 Å². The highest BCUT2D eigenvalue weighted by molar-refractivity contribution is 5.73. The van der Waals surface area contributed by atoms with Gasteiger partial charge in [-0.15, -0.1) is 0 Å². The Hall–Kier alpha value is -1.22. The molecule has 0 aromatic carbocycles. The first kappa shape index (κ1) is 6.89. The molecule has 5 heteroatoms. The van der Waals surface area contributed by atoms with Crippen LogP contribution in [0.25, 0.3) is 10.4 Å². The number of hydrogen-bond donors (Lipinski definition) is 1. The van der Waals surface area contributed by atoms with E-state index in [4.69, 9.17) is 10.6 Å². The predicted molar refractivity (Wildman–Crippen MR) is 33.2 cm³/mol. The van der Waals surface area contributed by atoms with E-state index in [1.165, 1.54) is 0 Å². The maximum atomic E-state index is 10.2. The molecule has 1 fully saturated rings. The predicted octanol–water partition coefficient (Wildman–Crippen LogP) is 1.02. The van der Waals surface area contributed by atoms with Crippen molar-refractivity contribution in [2.24, 2.45) is 17.0 Å². The van der Waals surface area contributed by atoms with Gasteiger partial charge in [-0.25, -0.2) is 0 Å². The molecular weight excluding hydrogens is 134 g/mol. The number of aliphatic carboxylic acids is 1. The smallest absolute Gasteiger partial charge is 0.306 e. The van der Waals surface area contributed by atoms with Gasteiger partial charge in [0.25, 0.3) is 0 Å². The van der Waals surface area contributed by atoms with E-state index >= 15 is 0 Å². The van der Waals surface area contributed by atoms with Gasteiger partial charge in [-0.3, -0.25) is 4.79 Å². The lowest BCUT2D eigenvalue weighted by Gasteiger charge is -1.85. The maximum absolute atomic E-state index is 10.2. The first-order chi connectivity index (χ1) is 4.75. The summed E-state index contributed by atoms with van der Waals surface area (Å²) >= 11 is 0. The Morgan fingerprint density at radius 3 is 3.00 bits per heavy atom. The summed E-state index contributed by atoms with van der Waals surface area (Å²) in [5.41, 5.74) is 7.88. The van der Waals surface area contributed by atoms with Gasteiger partial charge >= 0.3 is 5.97 Å². The molecular formula is C5H7N3O2. The lowest BCUT2D eigenvalue weighted by Crippen LogP contribution is -2.00. The largest absolute Gasteiger partial charge is 0.481 e. The molecule has 2 atom stereocenters. The standard InChI is InChI=1S/C5H7N3O2/c6-8-7-2-3-1-4(3)5(9)10/h3-4H,1-2H2,(H,9,10)/t3-,4-/m0/s1. The molecule has 0 heterocycles. The maximum Gasteiger partial charge on any atom is 0.306 e. The Balaban J connectivity index is 2.25. The molecule has 1 aliphatic rings. The number of carboxylic acids is 1. The topological polar surface area (TPSA) is 86.1 Å². The third kappa shape index (κ3) is 1.39. The van der Waals surface area contributed by atoms with Crippen LogP contribution in [0.3, 0.4) is 0 Å². The normalized spacial score (nSPS) is 28.8. The zero-order valence-corrected chi connectivity index (χ0v) is 5.27. The van der Waals surface area contributed by atoms with E-state index in [0.717, 1.165) is 0 Å². The molecule has 0 aromatic rings. The highest BCUT2D eigenvalue weighted by Crippen LogP contribution is 2.38. The SMILES string of the molecule is [N-]=[N+]=NC[C@@H]1C[C@@H]1C(=O)O. The monoisotopic (exact) mass is 141 g/mol. The summed E-state index contributed by atoms with van der Waals surface area (Å²) < 4.78 is 0. The molecule has 0 spiro atoms. The lowest BCUT2D eigenvalue weighted by atomic mass is 10.3. The molecule has 1 saturated carbocycles. The molecule has 0 saturated heterocycles. The van der Waals surface area contributed by atoms with E-state index in [-0.39, 0.29) is 11.8 Å². The van der Waals surface area contributed by atoms with Crippen LogP contribution < -0.4 is 0 Å².